The Morgan fingerprint density at radius 1 is 0.397 bits per heavy atom. The summed E-state index contributed by atoms with van der Waals surface area (Å²) in [6, 6.07) is 49.0. The number of hydrazone groups is 5. The van der Waals surface area contributed by atoms with Crippen LogP contribution in [0.25, 0.3) is 0 Å². The van der Waals surface area contributed by atoms with Gasteiger partial charge in [-0.25, -0.2) is 72.7 Å². The zero-order valence-corrected chi connectivity index (χ0v) is 78.5. The topological polar surface area (TPSA) is 210 Å². The number of hydrogen-bond donors (Lipinski definition) is 3. The Balaban J connectivity index is 0.000000118. The number of nitrogens with one attached hydrogen (secondary N) is 1. The molecule has 17 nitrogen and oxygen atoms in total. The molecule has 34 heteroatoms. The maximum atomic E-state index is 14.5. The number of anilines is 1. The van der Waals surface area contributed by atoms with Gasteiger partial charge in [0.25, 0.3) is 0 Å². The predicted octanol–water partition coefficient (Wildman–Crippen LogP) is 22.2. The molecule has 5 N–H and O–H groups in total. The molecule has 10 aromatic carbocycles. The third kappa shape index (κ3) is 17.4. The van der Waals surface area contributed by atoms with E-state index in [0.717, 1.165) is 194 Å². The van der Waals surface area contributed by atoms with Gasteiger partial charge in [-0.3, -0.25) is 24.2 Å². The molecule has 4 amide bonds. The van der Waals surface area contributed by atoms with Crippen molar-refractivity contribution < 1.29 is 71.9 Å². The first-order chi connectivity index (χ1) is 65.3. The van der Waals surface area contributed by atoms with Crippen LogP contribution in [-0.4, -0.2) is 100 Å². The van der Waals surface area contributed by atoms with E-state index in [1.807, 2.05) is 67.6 Å². The molecule has 1 fully saturated rings. The number of aryl methyl sites for hydroxylation is 5. The maximum Gasteiger partial charge on any atom is 0.241 e. The van der Waals surface area contributed by atoms with Crippen LogP contribution >= 0.6 is 58.8 Å². The van der Waals surface area contributed by atoms with Gasteiger partial charge in [0.1, 0.15) is 108 Å². The molecular weight excluding hydrogens is 1860 g/mol. The van der Waals surface area contributed by atoms with E-state index < -0.39 is 95.2 Å². The van der Waals surface area contributed by atoms with E-state index in [4.69, 9.17) is 16.6 Å². The van der Waals surface area contributed by atoms with E-state index in [-0.39, 0.29) is 78.3 Å². The van der Waals surface area contributed by atoms with Crippen LogP contribution in [0.2, 0.25) is 0 Å². The average Bonchev–Trinajstić information content (AvgIpc) is 1.53. The normalized spacial score (nSPS) is 23.7. The fourth-order valence-corrected chi connectivity index (χ4v) is 28.6. The number of amides is 4. The van der Waals surface area contributed by atoms with Crippen LogP contribution in [0.3, 0.4) is 0 Å². The summed E-state index contributed by atoms with van der Waals surface area (Å²) in [5, 5.41) is 35.1. The van der Waals surface area contributed by atoms with Gasteiger partial charge < -0.3 is 16.8 Å². The highest BCUT2D eigenvalue weighted by Gasteiger charge is 2.61. The lowest BCUT2D eigenvalue weighted by molar-refractivity contribution is -0.134. The molecular formula is C102H93F12N13O4S5. The highest BCUT2D eigenvalue weighted by molar-refractivity contribution is 8.16. The largest absolute Gasteiger partial charge is 0.384 e. The van der Waals surface area contributed by atoms with Crippen LogP contribution in [-0.2, 0) is 69.2 Å². The van der Waals surface area contributed by atoms with Crippen molar-refractivity contribution in [2.75, 3.05) is 31.5 Å². The highest BCUT2D eigenvalue weighted by atomic mass is 32.2. The van der Waals surface area contributed by atoms with E-state index in [1.54, 1.807) is 11.8 Å². The number of nitrogens with zero attached hydrogens (tertiary/aromatic N) is 10. The van der Waals surface area contributed by atoms with Gasteiger partial charge in [-0.2, -0.15) is 25.5 Å². The van der Waals surface area contributed by atoms with Gasteiger partial charge in [-0.1, -0.05) is 156 Å². The molecule has 0 radical (unpaired) electrons. The van der Waals surface area contributed by atoms with E-state index in [2.05, 4.69) is 73.7 Å². The molecule has 136 heavy (non-hydrogen) atoms. The second kappa shape index (κ2) is 39.2. The number of thioether (sulfide) groups is 5. The molecule has 10 aromatic rings. The summed E-state index contributed by atoms with van der Waals surface area (Å²) in [4.78, 5) is 46.4. The van der Waals surface area contributed by atoms with Crippen LogP contribution in [0.1, 0.15) is 169 Å². The monoisotopic (exact) mass is 1950 g/mol. The number of halogens is 12. The Kier molecular flexibility index (Phi) is 27.8. The van der Waals surface area contributed by atoms with Crippen molar-refractivity contribution in [2.45, 2.75) is 142 Å². The molecule has 21 rings (SSSR count). The fraction of sp³-hybridized carbons (Fsp3) is 0.304. The lowest BCUT2D eigenvalue weighted by Gasteiger charge is -2.46. The van der Waals surface area contributed by atoms with Crippen LogP contribution in [0, 0.1) is 100 Å². The second-order valence-corrected chi connectivity index (χ2v) is 40.8. The molecule has 0 aromatic heterocycles. The quantitative estimate of drug-likeness (QED) is 0.0814. The van der Waals surface area contributed by atoms with Gasteiger partial charge in [-0.15, -0.1) is 6.58 Å². The van der Waals surface area contributed by atoms with Crippen LogP contribution < -0.4 is 16.8 Å². The number of hydrogen-bond acceptors (Lipinski definition) is 18. The first-order valence-corrected chi connectivity index (χ1v) is 48.7. The molecule has 0 saturated carbocycles. The molecule has 1 saturated heterocycles. The molecule has 11 aliphatic rings. The number of allylic oxidation sites excluding steroid dienone is 1. The van der Waals surface area contributed by atoms with E-state index in [9.17, 15) is 71.9 Å². The number of carbonyl (C=O) groups is 4. The van der Waals surface area contributed by atoms with Crippen molar-refractivity contribution in [3.05, 3.63) is 360 Å². The standard InChI is InChI=1S/C22H20F2N2OS.C21H19F4N3OS.C21H22F2N4OS.C19H16F2N2OS.C19H16F2N2S/c1-3-6-16-10-9-15-7-4-5-8-19(15)22(16)26(14(2)27)25-21(28-22)18-13-17(23)11-12-20(18)24;1-11(29)28-21(30-20(27-28)15-9-14(22)4-5-17(15)23)13(6-7-26)3-2-12-8-18(24)19(25)10-16(12)21;1-12-4-3-5-17-19(12)25-11-14(8-9-24)21(17)27(13(2)28)26-20(29-21)16-10-15(22)6-7-18(16)23;1-12(24)23-19(10-4-6-13-5-2-3-7-16(13)19)25-18(22-23)15-11-14(20)8-9-17(15)21;20-14-7-8-17(21)15(11-14)18-22-23-10-9-13-6-5-12-3-1-2-4-16(12)19(13,23)24-18/h3-5,7-8,11-13,16H,1,6,9-10H2,2H3;4-5,8-10,13H,2-3,6-7,26H2,1H3;3-7,10,14,25H,8-9,11,24H2,1-2H3;2-3,5,7-9,11H,4,6,10H2,1H3;1-4,7-8,11,13H,5-6,9-10H2/t16-,22-;;;;/m1..../s1. The molecule has 7 aliphatic heterocycles. The number of nitrogens with two attached hydrogens (primary N) is 2. The molecule has 0 bridgehead atoms. The number of para-hydroxylation sites is 1. The number of rotatable bonds is 11. The Morgan fingerprint density at radius 2 is 0.779 bits per heavy atom. The SMILES string of the molecule is C=CC[C@@H]1CCc2ccccc2[C@]12SC(c1cc(F)ccc1F)=NN2C(C)=O.CC(=O)N1N=C(c2cc(F)ccc2F)SC12CCCc1ccccc12.CC(=O)N1N=C(c2cc(F)ccc2F)SC12c1cc(F)c(F)cc1CCC2CCN.CC(=O)N1N=C(c2cc(F)ccc2F)SC12c1cccc(C)c1NCC2CCN.Fc1ccc(F)c(C2=NN3CCC4CCc5ccccc5C43S2)c1. The summed E-state index contributed by atoms with van der Waals surface area (Å²) < 4.78 is 169. The van der Waals surface area contributed by atoms with E-state index in [0.29, 0.717) is 83.9 Å². The molecule has 5 spiro atoms. The zero-order chi connectivity index (χ0) is 96.2. The van der Waals surface area contributed by atoms with Crippen molar-refractivity contribution in [1.29, 1.82) is 0 Å². The minimum Gasteiger partial charge on any atom is -0.384 e. The Bertz CT molecular complexity index is 6630. The molecule has 9 atom stereocenters. The van der Waals surface area contributed by atoms with Crippen molar-refractivity contribution in [3.63, 3.8) is 0 Å². The van der Waals surface area contributed by atoms with E-state index in [1.165, 1.54) is 112 Å². The van der Waals surface area contributed by atoms with Crippen molar-refractivity contribution in [1.82, 2.24) is 25.0 Å². The van der Waals surface area contributed by atoms with Crippen LogP contribution in [0.15, 0.2) is 232 Å². The van der Waals surface area contributed by atoms with Crippen LogP contribution in [0.4, 0.5) is 58.4 Å². The smallest absolute Gasteiger partial charge is 0.241 e. The lowest BCUT2D eigenvalue weighted by atomic mass is 9.77. The zero-order valence-electron chi connectivity index (χ0n) is 74.4. The van der Waals surface area contributed by atoms with Gasteiger partial charge in [0.2, 0.25) is 23.6 Å². The summed E-state index contributed by atoms with van der Waals surface area (Å²) in [5.74, 6) is -8.42. The van der Waals surface area contributed by atoms with Crippen molar-refractivity contribution >= 4 is 113 Å². The Labute approximate surface area is 799 Å². The Morgan fingerprint density at radius 3 is 1.26 bits per heavy atom. The van der Waals surface area contributed by atoms with Gasteiger partial charge in [0.05, 0.1) is 0 Å². The second-order valence-electron chi connectivity index (χ2n) is 34.7. The van der Waals surface area contributed by atoms with Gasteiger partial charge in [-0.05, 0) is 269 Å². The van der Waals surface area contributed by atoms with Crippen molar-refractivity contribution in [3.8, 4) is 0 Å². The minimum atomic E-state index is -1.22. The summed E-state index contributed by atoms with van der Waals surface area (Å²) >= 11 is 6.63. The molecule has 4 aliphatic carbocycles. The van der Waals surface area contributed by atoms with Gasteiger partial charge in [0.15, 0.2) is 11.6 Å². The fourth-order valence-electron chi connectivity index (χ4n) is 20.6. The summed E-state index contributed by atoms with van der Waals surface area (Å²) in [7, 11) is 0. The first kappa shape index (κ1) is 96.3. The molecule has 704 valence electrons. The van der Waals surface area contributed by atoms with Gasteiger partial charge in [0, 0.05) is 91.7 Å². The van der Waals surface area contributed by atoms with Crippen LogP contribution in [0.5, 0.6) is 0 Å². The first-order valence-electron chi connectivity index (χ1n) is 44.6. The highest BCUT2D eigenvalue weighted by Crippen LogP contribution is 2.64. The maximum absolute atomic E-state index is 14.5. The third-order valence-electron chi connectivity index (χ3n) is 26.5. The summed E-state index contributed by atoms with van der Waals surface area (Å²) in [5.41, 5.74) is 22.9. The predicted molar refractivity (Wildman–Crippen MR) is 512 cm³/mol. The number of fused-ring (bicyclic) bond motifs is 9. The van der Waals surface area contributed by atoms with Gasteiger partial charge >= 0.3 is 0 Å². The number of benzene rings is 10. The average molecular weight is 1950 g/mol. The van der Waals surface area contributed by atoms with Crippen molar-refractivity contribution in [2.24, 2.45) is 60.6 Å². The third-order valence-corrected chi connectivity index (χ3v) is 34.1. The Hall–Kier alpha value is -11.4. The molecule has 7 unspecified atom stereocenters. The summed E-state index contributed by atoms with van der Waals surface area (Å²) in [6.45, 7) is 13.7. The minimum absolute atomic E-state index is 0.0531. The van der Waals surface area contributed by atoms with E-state index >= 15 is 0 Å². The lowest BCUT2D eigenvalue weighted by Crippen LogP contribution is -2.51. The summed E-state index contributed by atoms with van der Waals surface area (Å²) in [6.07, 6.45) is 12.3. The molecule has 7 heterocycles. The number of carbonyl (C=O) groups excluding carboxylic acids is 4.